The Kier molecular flexibility index (Phi) is 23.8. The summed E-state index contributed by atoms with van der Waals surface area (Å²) in [4.78, 5) is 24.5. The second-order valence-electron chi connectivity index (χ2n) is 9.54. The summed E-state index contributed by atoms with van der Waals surface area (Å²) in [5.74, 6) is -0.00193. The molecular weight excluding hydrogens is 398 g/mol. The van der Waals surface area contributed by atoms with Gasteiger partial charge in [0.15, 0.2) is 0 Å². The van der Waals surface area contributed by atoms with E-state index >= 15 is 0 Å². The maximum atomic E-state index is 12.4. The summed E-state index contributed by atoms with van der Waals surface area (Å²) < 4.78 is 5.54. The normalized spacial score (nSPS) is 12.0. The van der Waals surface area contributed by atoms with Crippen LogP contribution >= 0.6 is 0 Å². The summed E-state index contributed by atoms with van der Waals surface area (Å²) in [6.07, 6.45) is 23.6. The number of esters is 1. The van der Waals surface area contributed by atoms with Crippen LogP contribution in [0.4, 0.5) is 0 Å². The lowest BCUT2D eigenvalue weighted by molar-refractivity contribution is -0.145. The lowest BCUT2D eigenvalue weighted by Gasteiger charge is -2.19. The number of hydrogen-bond acceptors (Lipinski definition) is 3. The molecule has 1 N–H and O–H groups in total. The molecule has 1 atom stereocenters. The molecular formula is C28H55NO3. The molecule has 0 aliphatic carbocycles. The first-order valence-electron chi connectivity index (χ1n) is 14.1. The van der Waals surface area contributed by atoms with E-state index in [0.717, 1.165) is 38.5 Å². The zero-order chi connectivity index (χ0) is 23.7. The maximum absolute atomic E-state index is 12.4. The molecule has 1 amide bonds. The maximum Gasteiger partial charge on any atom is 0.305 e. The molecule has 0 aliphatic heterocycles. The van der Waals surface area contributed by atoms with Gasteiger partial charge in [-0.3, -0.25) is 9.59 Å². The van der Waals surface area contributed by atoms with Gasteiger partial charge in [-0.15, -0.1) is 0 Å². The summed E-state index contributed by atoms with van der Waals surface area (Å²) in [6.45, 7) is 6.97. The van der Waals surface area contributed by atoms with E-state index in [9.17, 15) is 9.59 Å². The van der Waals surface area contributed by atoms with Gasteiger partial charge in [0.2, 0.25) is 5.91 Å². The van der Waals surface area contributed by atoms with Gasteiger partial charge in [-0.25, -0.2) is 0 Å². The number of ether oxygens (including phenoxy) is 1. The average molecular weight is 454 g/mol. The van der Waals surface area contributed by atoms with Crippen molar-refractivity contribution in [2.75, 3.05) is 6.61 Å². The zero-order valence-corrected chi connectivity index (χ0v) is 21.9. The highest BCUT2D eigenvalue weighted by Crippen LogP contribution is 2.12. The Morgan fingerprint density at radius 1 is 0.594 bits per heavy atom. The first-order chi connectivity index (χ1) is 15.6. The largest absolute Gasteiger partial charge is 0.463 e. The zero-order valence-electron chi connectivity index (χ0n) is 21.9. The van der Waals surface area contributed by atoms with Gasteiger partial charge in [-0.05, 0) is 19.3 Å². The minimum absolute atomic E-state index is 0.0396. The molecule has 0 aromatic rings. The van der Waals surface area contributed by atoms with E-state index in [2.05, 4.69) is 26.1 Å². The molecule has 1 unspecified atom stereocenters. The minimum atomic E-state index is -0.115. The third-order valence-electron chi connectivity index (χ3n) is 6.21. The number of nitrogens with one attached hydrogen (secondary N) is 1. The van der Waals surface area contributed by atoms with Crippen molar-refractivity contribution in [2.45, 2.75) is 162 Å². The Morgan fingerprint density at radius 2 is 1.03 bits per heavy atom. The monoisotopic (exact) mass is 453 g/mol. The van der Waals surface area contributed by atoms with E-state index in [1.807, 2.05) is 0 Å². The van der Waals surface area contributed by atoms with E-state index in [4.69, 9.17) is 4.74 Å². The molecule has 4 nitrogen and oxygen atoms in total. The van der Waals surface area contributed by atoms with Crippen LogP contribution in [0.3, 0.4) is 0 Å². The van der Waals surface area contributed by atoms with Crippen molar-refractivity contribution in [3.8, 4) is 0 Å². The standard InChI is InChI=1S/C28H55NO3/c1-4-7-10-13-14-15-18-19-22-26(29-27(30)23-20-16-11-8-5-2)25-32-28(31)24-21-17-12-9-6-3/h26H,4-25H2,1-3H3,(H,29,30). The molecule has 0 aliphatic rings. The Balaban J connectivity index is 4.19. The lowest BCUT2D eigenvalue weighted by Crippen LogP contribution is -2.38. The average Bonchev–Trinajstić information content (AvgIpc) is 2.78. The molecule has 0 fully saturated rings. The summed E-state index contributed by atoms with van der Waals surface area (Å²) in [7, 11) is 0. The quantitative estimate of drug-likeness (QED) is 0.118. The number of rotatable bonds is 24. The molecule has 32 heavy (non-hydrogen) atoms. The lowest BCUT2D eigenvalue weighted by atomic mass is 10.0. The fraction of sp³-hybridized carbons (Fsp3) is 0.929. The minimum Gasteiger partial charge on any atom is -0.463 e. The number of carbonyl (C=O) groups excluding carboxylic acids is 2. The SMILES string of the molecule is CCCCCCCCCCC(COC(=O)CCCCCCC)NC(=O)CCCCCCC. The van der Waals surface area contributed by atoms with Crippen molar-refractivity contribution in [1.29, 1.82) is 0 Å². The fourth-order valence-corrected chi connectivity index (χ4v) is 4.05. The summed E-state index contributed by atoms with van der Waals surface area (Å²) in [5.41, 5.74) is 0. The summed E-state index contributed by atoms with van der Waals surface area (Å²) in [6, 6.07) is -0.0396. The van der Waals surface area contributed by atoms with Gasteiger partial charge in [0, 0.05) is 12.8 Å². The van der Waals surface area contributed by atoms with Crippen LogP contribution in [-0.2, 0) is 14.3 Å². The second-order valence-corrected chi connectivity index (χ2v) is 9.54. The van der Waals surface area contributed by atoms with Crippen LogP contribution < -0.4 is 5.32 Å². The van der Waals surface area contributed by atoms with Crippen LogP contribution in [0.5, 0.6) is 0 Å². The Hall–Kier alpha value is -1.06. The topological polar surface area (TPSA) is 55.4 Å². The Labute approximate surface area is 200 Å². The van der Waals surface area contributed by atoms with Gasteiger partial charge in [0.25, 0.3) is 0 Å². The van der Waals surface area contributed by atoms with Gasteiger partial charge in [0.1, 0.15) is 6.61 Å². The van der Waals surface area contributed by atoms with Gasteiger partial charge in [-0.1, -0.05) is 124 Å². The predicted octanol–water partition coefficient (Wildman–Crippen LogP) is 8.27. The first kappa shape index (κ1) is 30.9. The second kappa shape index (κ2) is 24.6. The Morgan fingerprint density at radius 3 is 1.56 bits per heavy atom. The van der Waals surface area contributed by atoms with Crippen LogP contribution in [0.15, 0.2) is 0 Å². The van der Waals surface area contributed by atoms with Crippen LogP contribution in [0.2, 0.25) is 0 Å². The van der Waals surface area contributed by atoms with Crippen LogP contribution in [0, 0.1) is 0 Å². The molecule has 0 saturated carbocycles. The van der Waals surface area contributed by atoms with Crippen LogP contribution in [0.1, 0.15) is 156 Å². The number of amides is 1. The molecule has 0 spiro atoms. The van der Waals surface area contributed by atoms with Crippen molar-refractivity contribution in [3.05, 3.63) is 0 Å². The number of carbonyl (C=O) groups is 2. The third-order valence-corrected chi connectivity index (χ3v) is 6.21. The van der Waals surface area contributed by atoms with Gasteiger partial charge >= 0.3 is 5.97 Å². The van der Waals surface area contributed by atoms with Gasteiger partial charge in [-0.2, -0.15) is 0 Å². The van der Waals surface area contributed by atoms with Crippen molar-refractivity contribution in [2.24, 2.45) is 0 Å². The van der Waals surface area contributed by atoms with Crippen LogP contribution in [0.25, 0.3) is 0 Å². The molecule has 0 aromatic heterocycles. The molecule has 0 radical (unpaired) electrons. The van der Waals surface area contributed by atoms with Gasteiger partial charge < -0.3 is 10.1 Å². The van der Waals surface area contributed by atoms with Crippen molar-refractivity contribution in [3.63, 3.8) is 0 Å². The summed E-state index contributed by atoms with van der Waals surface area (Å²) in [5, 5.41) is 3.15. The van der Waals surface area contributed by atoms with E-state index < -0.39 is 0 Å². The highest BCUT2D eigenvalue weighted by atomic mass is 16.5. The van der Waals surface area contributed by atoms with Crippen LogP contribution in [-0.4, -0.2) is 24.5 Å². The molecule has 0 aromatic carbocycles. The predicted molar refractivity (Wildman–Crippen MR) is 137 cm³/mol. The summed E-state index contributed by atoms with van der Waals surface area (Å²) >= 11 is 0. The molecule has 190 valence electrons. The van der Waals surface area contributed by atoms with Crippen molar-refractivity contribution >= 4 is 11.9 Å². The third kappa shape index (κ3) is 22.1. The van der Waals surface area contributed by atoms with E-state index in [1.165, 1.54) is 83.5 Å². The highest BCUT2D eigenvalue weighted by molar-refractivity contribution is 5.76. The molecule has 0 bridgehead atoms. The Bertz CT molecular complexity index is 425. The number of hydrogen-bond donors (Lipinski definition) is 1. The number of unbranched alkanes of at least 4 members (excludes halogenated alkanes) is 15. The fourth-order valence-electron chi connectivity index (χ4n) is 4.05. The highest BCUT2D eigenvalue weighted by Gasteiger charge is 2.15. The van der Waals surface area contributed by atoms with Crippen molar-refractivity contribution < 1.29 is 14.3 Å². The van der Waals surface area contributed by atoms with E-state index in [1.54, 1.807) is 0 Å². The first-order valence-corrected chi connectivity index (χ1v) is 14.1. The van der Waals surface area contributed by atoms with E-state index in [-0.39, 0.29) is 17.9 Å². The molecule has 0 heterocycles. The molecule has 0 rings (SSSR count). The van der Waals surface area contributed by atoms with E-state index in [0.29, 0.717) is 19.4 Å². The van der Waals surface area contributed by atoms with Crippen molar-refractivity contribution in [1.82, 2.24) is 5.32 Å². The van der Waals surface area contributed by atoms with Gasteiger partial charge in [0.05, 0.1) is 6.04 Å². The smallest absolute Gasteiger partial charge is 0.305 e. The molecule has 4 heteroatoms. The molecule has 0 saturated heterocycles.